The van der Waals surface area contributed by atoms with Crippen LogP contribution in [0, 0.1) is 0 Å². The summed E-state index contributed by atoms with van der Waals surface area (Å²) in [5.41, 5.74) is 15.3. The molecule has 0 bridgehead atoms. The van der Waals surface area contributed by atoms with Gasteiger partial charge in [0.1, 0.15) is 8.07 Å². The standard InChI is InChI=1S/C56H40Si/c1-57(2)53-34-41(37-17-6-3-7-18-37)29-30-46(53)50-35-51-52(36-54(50)57)56(47-28-16-24-40-23-12-13-25-45(40)47)49-27-15-14-26-48(49)55(51)44-32-42(38-19-8-4-9-20-38)31-43(33-44)39-21-10-5-11-22-39/h3-36H,1-2H3. The molecule has 0 aromatic heterocycles. The maximum absolute atomic E-state index is 2.62. The molecule has 0 nitrogen and oxygen atoms in total. The number of benzene rings is 10. The van der Waals surface area contributed by atoms with Crippen molar-refractivity contribution in [3.05, 3.63) is 206 Å². The molecule has 0 atom stereocenters. The molecule has 1 aliphatic rings. The molecule has 0 amide bonds. The fourth-order valence-corrected chi connectivity index (χ4v) is 12.7. The zero-order chi connectivity index (χ0) is 38.1. The molecule has 0 aliphatic carbocycles. The van der Waals surface area contributed by atoms with Crippen LogP contribution in [0.3, 0.4) is 0 Å². The van der Waals surface area contributed by atoms with Crippen molar-refractivity contribution in [2.75, 3.05) is 0 Å². The summed E-state index contributed by atoms with van der Waals surface area (Å²) in [6, 6.07) is 77.0. The minimum atomic E-state index is -2.11. The van der Waals surface area contributed by atoms with Crippen LogP contribution in [0.5, 0.6) is 0 Å². The van der Waals surface area contributed by atoms with Crippen molar-refractivity contribution in [2.45, 2.75) is 13.1 Å². The normalized spacial score (nSPS) is 12.9. The van der Waals surface area contributed by atoms with Gasteiger partial charge in [-0.25, -0.2) is 0 Å². The summed E-state index contributed by atoms with van der Waals surface area (Å²) in [7, 11) is -2.11. The second-order valence-electron chi connectivity index (χ2n) is 16.0. The Morgan fingerprint density at radius 2 is 0.754 bits per heavy atom. The van der Waals surface area contributed by atoms with E-state index in [1.807, 2.05) is 0 Å². The first-order chi connectivity index (χ1) is 28.0. The Bertz CT molecular complexity index is 3110. The zero-order valence-corrected chi connectivity index (χ0v) is 33.1. The van der Waals surface area contributed by atoms with Crippen LogP contribution in [0.4, 0.5) is 0 Å². The third-order valence-corrected chi connectivity index (χ3v) is 15.9. The summed E-state index contributed by atoms with van der Waals surface area (Å²) in [5, 5.41) is 10.7. The van der Waals surface area contributed by atoms with E-state index in [9.17, 15) is 0 Å². The average molecular weight is 741 g/mol. The summed E-state index contributed by atoms with van der Waals surface area (Å²) < 4.78 is 0. The van der Waals surface area contributed by atoms with Crippen molar-refractivity contribution in [3.8, 4) is 66.8 Å². The molecule has 268 valence electrons. The second-order valence-corrected chi connectivity index (χ2v) is 20.4. The van der Waals surface area contributed by atoms with Crippen LogP contribution < -0.4 is 10.4 Å². The third kappa shape index (κ3) is 5.42. The molecule has 57 heavy (non-hydrogen) atoms. The molecule has 0 saturated carbocycles. The maximum atomic E-state index is 2.62. The van der Waals surface area contributed by atoms with Gasteiger partial charge in [-0.15, -0.1) is 0 Å². The molecular formula is C56H40Si. The summed E-state index contributed by atoms with van der Waals surface area (Å²) in [6.07, 6.45) is 0. The highest BCUT2D eigenvalue weighted by Crippen LogP contribution is 2.48. The molecule has 11 rings (SSSR count). The minimum Gasteiger partial charge on any atom is -0.0622 e. The number of hydrogen-bond donors (Lipinski definition) is 0. The van der Waals surface area contributed by atoms with Crippen LogP contribution in [0.2, 0.25) is 13.1 Å². The Hall–Kier alpha value is -6.80. The molecule has 0 unspecified atom stereocenters. The molecule has 10 aromatic rings. The van der Waals surface area contributed by atoms with E-state index in [-0.39, 0.29) is 0 Å². The number of rotatable bonds is 5. The maximum Gasteiger partial charge on any atom is 0.113 e. The van der Waals surface area contributed by atoms with Gasteiger partial charge in [0.05, 0.1) is 0 Å². The molecule has 10 aromatic carbocycles. The van der Waals surface area contributed by atoms with Gasteiger partial charge >= 0.3 is 0 Å². The lowest BCUT2D eigenvalue weighted by Gasteiger charge is -2.23. The highest BCUT2D eigenvalue weighted by Gasteiger charge is 2.38. The number of hydrogen-bond acceptors (Lipinski definition) is 0. The molecule has 0 fully saturated rings. The van der Waals surface area contributed by atoms with Crippen molar-refractivity contribution in [1.29, 1.82) is 0 Å². The summed E-state index contributed by atoms with van der Waals surface area (Å²) in [6.45, 7) is 5.10. The van der Waals surface area contributed by atoms with Gasteiger partial charge in [-0.05, 0) is 134 Å². The molecule has 0 spiro atoms. The Labute approximate surface area is 335 Å². The molecule has 0 radical (unpaired) electrons. The van der Waals surface area contributed by atoms with Gasteiger partial charge in [0.2, 0.25) is 0 Å². The van der Waals surface area contributed by atoms with Gasteiger partial charge in [-0.1, -0.05) is 195 Å². The third-order valence-electron chi connectivity index (χ3n) is 12.4. The van der Waals surface area contributed by atoms with E-state index in [1.165, 1.54) is 109 Å². The van der Waals surface area contributed by atoms with Crippen molar-refractivity contribution >= 4 is 50.8 Å². The first-order valence-corrected chi connectivity index (χ1v) is 23.0. The first-order valence-electron chi connectivity index (χ1n) is 20.0. The Morgan fingerprint density at radius 3 is 1.40 bits per heavy atom. The SMILES string of the molecule is C[Si]1(C)c2cc(-c3ccccc3)ccc2-c2cc3c(-c4cc(-c5ccccc5)cc(-c5ccccc5)c4)c4ccccc4c(-c4cccc5ccccc45)c3cc21. The Morgan fingerprint density at radius 1 is 0.263 bits per heavy atom. The van der Waals surface area contributed by atoms with E-state index in [0.717, 1.165) is 0 Å². The predicted molar refractivity (Wildman–Crippen MR) is 248 cm³/mol. The van der Waals surface area contributed by atoms with E-state index >= 15 is 0 Å². The lowest BCUT2D eigenvalue weighted by atomic mass is 9.82. The van der Waals surface area contributed by atoms with Gasteiger partial charge < -0.3 is 0 Å². The molecule has 1 heterocycles. The zero-order valence-electron chi connectivity index (χ0n) is 32.1. The molecule has 0 N–H and O–H groups in total. The van der Waals surface area contributed by atoms with Crippen LogP contribution in [0.25, 0.3) is 99.1 Å². The minimum absolute atomic E-state index is 1.22. The summed E-state index contributed by atoms with van der Waals surface area (Å²) in [5.74, 6) is 0. The van der Waals surface area contributed by atoms with Gasteiger partial charge in [0.25, 0.3) is 0 Å². The highest BCUT2D eigenvalue weighted by molar-refractivity contribution is 7.04. The summed E-state index contributed by atoms with van der Waals surface area (Å²) in [4.78, 5) is 0. The topological polar surface area (TPSA) is 0 Å². The Kier molecular flexibility index (Phi) is 7.74. The first kappa shape index (κ1) is 33.5. The van der Waals surface area contributed by atoms with E-state index in [1.54, 1.807) is 0 Å². The smallest absolute Gasteiger partial charge is 0.0622 e. The van der Waals surface area contributed by atoms with E-state index in [0.29, 0.717) is 0 Å². The van der Waals surface area contributed by atoms with Crippen LogP contribution in [-0.2, 0) is 0 Å². The largest absolute Gasteiger partial charge is 0.113 e. The van der Waals surface area contributed by atoms with Crippen LogP contribution in [0.15, 0.2) is 206 Å². The quantitative estimate of drug-likeness (QED) is 0.122. The molecule has 0 saturated heterocycles. The molecular weight excluding hydrogens is 701 g/mol. The fourth-order valence-electron chi connectivity index (χ4n) is 9.63. The van der Waals surface area contributed by atoms with Crippen LogP contribution in [-0.4, -0.2) is 8.07 Å². The van der Waals surface area contributed by atoms with Gasteiger partial charge in [-0.2, -0.15) is 0 Å². The predicted octanol–water partition coefficient (Wildman–Crippen LogP) is 14.3. The van der Waals surface area contributed by atoms with Crippen molar-refractivity contribution in [1.82, 2.24) is 0 Å². The van der Waals surface area contributed by atoms with Crippen molar-refractivity contribution < 1.29 is 0 Å². The lowest BCUT2D eigenvalue weighted by molar-refractivity contribution is 1.58. The van der Waals surface area contributed by atoms with E-state index in [4.69, 9.17) is 0 Å². The average Bonchev–Trinajstić information content (AvgIpc) is 3.49. The van der Waals surface area contributed by atoms with Crippen molar-refractivity contribution in [3.63, 3.8) is 0 Å². The summed E-state index contributed by atoms with van der Waals surface area (Å²) >= 11 is 0. The van der Waals surface area contributed by atoms with Crippen LogP contribution in [0.1, 0.15) is 0 Å². The molecule has 1 aliphatic heterocycles. The van der Waals surface area contributed by atoms with Crippen molar-refractivity contribution in [2.24, 2.45) is 0 Å². The highest BCUT2D eigenvalue weighted by atomic mass is 28.3. The van der Waals surface area contributed by atoms with Crippen LogP contribution >= 0.6 is 0 Å². The van der Waals surface area contributed by atoms with Gasteiger partial charge in [0, 0.05) is 0 Å². The van der Waals surface area contributed by atoms with E-state index < -0.39 is 8.07 Å². The monoisotopic (exact) mass is 740 g/mol. The van der Waals surface area contributed by atoms with E-state index in [2.05, 4.69) is 219 Å². The lowest BCUT2D eigenvalue weighted by Crippen LogP contribution is -2.49. The van der Waals surface area contributed by atoms with Gasteiger partial charge in [0.15, 0.2) is 0 Å². The fraction of sp³-hybridized carbons (Fsp3) is 0.0357. The molecule has 1 heteroatoms. The number of fused-ring (bicyclic) bond motifs is 6. The van der Waals surface area contributed by atoms with Gasteiger partial charge in [-0.3, -0.25) is 0 Å². The second kappa shape index (κ2) is 13.2. The Balaban J connectivity index is 1.28.